The zero-order chi connectivity index (χ0) is 20.6. The largest absolute Gasteiger partial charge is 0.362 e. The molecule has 1 heterocycles. The predicted molar refractivity (Wildman–Crippen MR) is 108 cm³/mol. The van der Waals surface area contributed by atoms with Crippen molar-refractivity contribution < 1.29 is 14.4 Å². The lowest BCUT2D eigenvalue weighted by Gasteiger charge is -2.22. The van der Waals surface area contributed by atoms with Crippen LogP contribution in [0.1, 0.15) is 67.9 Å². The van der Waals surface area contributed by atoms with Gasteiger partial charge in [-0.3, -0.25) is 9.59 Å². The lowest BCUT2D eigenvalue weighted by molar-refractivity contribution is -0.112. The Balaban J connectivity index is 0.000000541. The van der Waals surface area contributed by atoms with Crippen molar-refractivity contribution in [3.63, 3.8) is 0 Å². The van der Waals surface area contributed by atoms with E-state index < -0.39 is 0 Å². The molecule has 2 aliphatic rings. The Hall–Kier alpha value is -1.92. The smallest absolute Gasteiger partial charge is 0.255 e. The first-order valence-corrected chi connectivity index (χ1v) is 9.78. The molecular weight excluding hydrogens is 366 g/mol. The van der Waals surface area contributed by atoms with Crippen LogP contribution in [-0.2, 0) is 21.7 Å². The van der Waals surface area contributed by atoms with Crippen molar-refractivity contribution in [2.45, 2.75) is 64.6 Å². The molecule has 0 bridgehead atoms. The van der Waals surface area contributed by atoms with E-state index in [2.05, 4.69) is 5.32 Å². The fraction of sp³-hybridized carbons (Fsp3) is 0.550. The highest BCUT2D eigenvalue weighted by atomic mass is 35.5. The molecule has 2 amide bonds. The first kappa shape index (κ1) is 23.1. The number of rotatable bonds is 6. The van der Waals surface area contributed by atoms with Crippen LogP contribution in [0.25, 0.3) is 0 Å². The molecule has 1 aliphatic carbocycles. The number of carbonyl (C=O) groups is 3. The minimum atomic E-state index is -0.373. The number of nitrogens with two attached hydrogens (primary N) is 1. The van der Waals surface area contributed by atoms with Gasteiger partial charge >= 0.3 is 0 Å². The van der Waals surface area contributed by atoms with E-state index >= 15 is 0 Å². The molecule has 0 radical (unpaired) electrons. The summed E-state index contributed by atoms with van der Waals surface area (Å²) in [5, 5.41) is 2.83. The molecule has 0 aromatic heterocycles. The van der Waals surface area contributed by atoms with Gasteiger partial charge in [-0.1, -0.05) is 38.8 Å². The number of carbonyl (C=O) groups excluding carboxylic acids is 3. The fourth-order valence-electron chi connectivity index (χ4n) is 2.96. The summed E-state index contributed by atoms with van der Waals surface area (Å²) < 4.78 is 0. The third kappa shape index (κ3) is 5.30. The van der Waals surface area contributed by atoms with Gasteiger partial charge in [-0.05, 0) is 37.0 Å². The summed E-state index contributed by atoms with van der Waals surface area (Å²) in [4.78, 5) is 34.5. The molecule has 150 valence electrons. The van der Waals surface area contributed by atoms with Crippen LogP contribution in [0.4, 0.5) is 0 Å². The van der Waals surface area contributed by atoms with Gasteiger partial charge in [0, 0.05) is 35.3 Å². The SMILES string of the molecule is CC.CCCC(C=O)N1Cc2c(Cl)cc(C3(N)CC3)cc2C1=O.CNC=O. The van der Waals surface area contributed by atoms with Gasteiger partial charge in [-0.2, -0.15) is 0 Å². The van der Waals surface area contributed by atoms with Crippen molar-refractivity contribution in [3.05, 3.63) is 33.8 Å². The van der Waals surface area contributed by atoms with Crippen LogP contribution in [0.3, 0.4) is 0 Å². The van der Waals surface area contributed by atoms with Crippen LogP contribution in [0.5, 0.6) is 0 Å². The average Bonchev–Trinajstić information content (AvgIpc) is 3.36. The van der Waals surface area contributed by atoms with Gasteiger partial charge in [0.15, 0.2) is 0 Å². The average molecular weight is 396 g/mol. The first-order chi connectivity index (χ1) is 12.9. The zero-order valence-electron chi connectivity index (χ0n) is 16.5. The Morgan fingerprint density at radius 1 is 1.33 bits per heavy atom. The summed E-state index contributed by atoms with van der Waals surface area (Å²) >= 11 is 6.34. The third-order valence-corrected chi connectivity index (χ3v) is 4.98. The highest BCUT2D eigenvalue weighted by Crippen LogP contribution is 2.45. The Bertz CT molecular complexity index is 675. The highest BCUT2D eigenvalue weighted by molar-refractivity contribution is 6.32. The van der Waals surface area contributed by atoms with E-state index in [1.807, 2.05) is 32.9 Å². The third-order valence-electron chi connectivity index (χ3n) is 4.64. The summed E-state index contributed by atoms with van der Waals surface area (Å²) in [6.45, 7) is 6.41. The molecular formula is C20H30ClN3O3. The second kappa shape index (κ2) is 10.4. The number of fused-ring (bicyclic) bond motifs is 1. The van der Waals surface area contributed by atoms with Crippen LogP contribution >= 0.6 is 11.6 Å². The molecule has 1 aromatic carbocycles. The van der Waals surface area contributed by atoms with Crippen molar-refractivity contribution in [1.29, 1.82) is 0 Å². The predicted octanol–water partition coefficient (Wildman–Crippen LogP) is 3.00. The van der Waals surface area contributed by atoms with Crippen molar-refractivity contribution in [1.82, 2.24) is 10.2 Å². The molecule has 7 heteroatoms. The lowest BCUT2D eigenvalue weighted by Crippen LogP contribution is -2.36. The standard InChI is InChI=1S/C16H19ClN2O2.C2H5NO.C2H6/c1-2-3-11(9-20)19-8-13-12(15(19)21)6-10(7-14(13)17)16(18)4-5-16;1-3-2-4;1-2/h6-7,9,11H,2-5,8,18H2,1H3;2H,1H3,(H,3,4);1-2H3. The minimum Gasteiger partial charge on any atom is -0.362 e. The summed E-state index contributed by atoms with van der Waals surface area (Å²) in [5.41, 5.74) is 8.24. The highest BCUT2D eigenvalue weighted by Gasteiger charge is 2.42. The van der Waals surface area contributed by atoms with Gasteiger partial charge < -0.3 is 20.7 Å². The number of nitrogens with one attached hydrogen (secondary N) is 1. The topological polar surface area (TPSA) is 92.5 Å². The Morgan fingerprint density at radius 3 is 2.37 bits per heavy atom. The van der Waals surface area contributed by atoms with Crippen molar-refractivity contribution in [3.8, 4) is 0 Å². The fourth-order valence-corrected chi connectivity index (χ4v) is 3.24. The number of nitrogens with zero attached hydrogens (tertiary/aromatic N) is 1. The molecule has 3 N–H and O–H groups in total. The van der Waals surface area contributed by atoms with Gasteiger partial charge in [0.05, 0.1) is 6.04 Å². The maximum atomic E-state index is 12.6. The van der Waals surface area contributed by atoms with Crippen LogP contribution in [0.15, 0.2) is 12.1 Å². The van der Waals surface area contributed by atoms with Gasteiger partial charge in [0.1, 0.15) is 6.29 Å². The molecule has 1 atom stereocenters. The quantitative estimate of drug-likeness (QED) is 0.724. The molecule has 1 fully saturated rings. The molecule has 0 saturated heterocycles. The normalized spacial score (nSPS) is 16.8. The van der Waals surface area contributed by atoms with Gasteiger partial charge in [0.2, 0.25) is 6.41 Å². The van der Waals surface area contributed by atoms with E-state index in [1.165, 1.54) is 0 Å². The molecule has 27 heavy (non-hydrogen) atoms. The molecule has 3 rings (SSSR count). The van der Waals surface area contributed by atoms with E-state index in [0.717, 1.165) is 36.7 Å². The summed E-state index contributed by atoms with van der Waals surface area (Å²) in [6.07, 6.45) is 4.86. The minimum absolute atomic E-state index is 0.108. The number of hydrogen-bond donors (Lipinski definition) is 2. The maximum Gasteiger partial charge on any atom is 0.255 e. The summed E-state index contributed by atoms with van der Waals surface area (Å²) in [5.74, 6) is -0.108. The van der Waals surface area contributed by atoms with Gasteiger partial charge in [-0.25, -0.2) is 0 Å². The maximum absolute atomic E-state index is 12.6. The Labute approximate surface area is 166 Å². The van der Waals surface area contributed by atoms with E-state index in [4.69, 9.17) is 22.1 Å². The zero-order valence-corrected chi connectivity index (χ0v) is 17.3. The Kier molecular flexibility index (Phi) is 8.93. The second-order valence-corrected chi connectivity index (χ2v) is 6.88. The number of amides is 2. The van der Waals surface area contributed by atoms with E-state index in [9.17, 15) is 9.59 Å². The number of benzene rings is 1. The molecule has 1 aromatic rings. The molecule has 1 aliphatic heterocycles. The van der Waals surface area contributed by atoms with Crippen LogP contribution < -0.4 is 11.1 Å². The summed E-state index contributed by atoms with van der Waals surface area (Å²) in [7, 11) is 1.56. The lowest BCUT2D eigenvalue weighted by atomic mass is 10.00. The van der Waals surface area contributed by atoms with E-state index in [-0.39, 0.29) is 17.5 Å². The molecule has 6 nitrogen and oxygen atoms in total. The van der Waals surface area contributed by atoms with E-state index in [1.54, 1.807) is 11.9 Å². The van der Waals surface area contributed by atoms with Crippen LogP contribution in [0.2, 0.25) is 5.02 Å². The first-order valence-electron chi connectivity index (χ1n) is 9.40. The molecule has 0 spiro atoms. The van der Waals surface area contributed by atoms with Crippen molar-refractivity contribution in [2.75, 3.05) is 7.05 Å². The van der Waals surface area contributed by atoms with Crippen molar-refractivity contribution in [2.24, 2.45) is 5.73 Å². The number of halogens is 1. The van der Waals surface area contributed by atoms with Crippen LogP contribution in [0, 0.1) is 0 Å². The van der Waals surface area contributed by atoms with E-state index in [0.29, 0.717) is 30.0 Å². The number of hydrogen-bond acceptors (Lipinski definition) is 4. The van der Waals surface area contributed by atoms with Crippen molar-refractivity contribution >= 4 is 30.2 Å². The summed E-state index contributed by atoms with van der Waals surface area (Å²) in [6, 6.07) is 3.37. The monoisotopic (exact) mass is 395 g/mol. The molecule has 1 unspecified atom stereocenters. The Morgan fingerprint density at radius 2 is 1.93 bits per heavy atom. The second-order valence-electron chi connectivity index (χ2n) is 6.47. The van der Waals surface area contributed by atoms with Crippen LogP contribution in [-0.4, -0.2) is 36.6 Å². The molecule has 1 saturated carbocycles. The number of aldehydes is 1. The van der Waals surface area contributed by atoms with Gasteiger partial charge in [-0.15, -0.1) is 0 Å². The van der Waals surface area contributed by atoms with Gasteiger partial charge in [0.25, 0.3) is 5.91 Å².